The van der Waals surface area contributed by atoms with E-state index >= 15 is 0 Å². The molecule has 1 aromatic rings. The van der Waals surface area contributed by atoms with Crippen molar-refractivity contribution in [2.75, 3.05) is 0 Å². The quantitative estimate of drug-likeness (QED) is 0.192. The highest BCUT2D eigenvalue weighted by Crippen LogP contribution is 2.04. The fraction of sp³-hybridized carbons (Fsp3) is 0. The van der Waals surface area contributed by atoms with Gasteiger partial charge in [-0.15, -0.1) is 0 Å². The molecule has 80 valence electrons. The number of oxime groups is 1. The minimum absolute atomic E-state index is 0.0916. The lowest BCUT2D eigenvalue weighted by molar-refractivity contribution is -0.115. The summed E-state index contributed by atoms with van der Waals surface area (Å²) in [5.41, 5.74) is 0.591. The summed E-state index contributed by atoms with van der Waals surface area (Å²) in [6, 6.07) is 5.06. The molecule has 0 saturated carbocycles. The summed E-state index contributed by atoms with van der Waals surface area (Å²) in [4.78, 5) is 15.1. The van der Waals surface area contributed by atoms with Crippen LogP contribution in [0.25, 0.3) is 6.08 Å². The molecule has 1 heterocycles. The van der Waals surface area contributed by atoms with Gasteiger partial charge >= 0.3 is 0 Å². The van der Waals surface area contributed by atoms with Crippen molar-refractivity contribution in [3.8, 4) is 6.07 Å². The van der Waals surface area contributed by atoms with E-state index in [1.165, 1.54) is 6.08 Å². The standard InChI is InChI=1S/C10H8N4O2/c11-6-9(10(15)13-7-14-16)5-8-1-3-12-4-2-8/h1-5,7,16H,(H,13,14,15). The Bertz CT molecular complexity index is 459. The van der Waals surface area contributed by atoms with Crippen LogP contribution < -0.4 is 5.32 Å². The van der Waals surface area contributed by atoms with Crippen LogP contribution in [0.15, 0.2) is 35.3 Å². The van der Waals surface area contributed by atoms with Gasteiger partial charge in [0.15, 0.2) is 0 Å². The number of nitriles is 1. The van der Waals surface area contributed by atoms with Crippen LogP contribution in [0.3, 0.4) is 0 Å². The van der Waals surface area contributed by atoms with Gasteiger partial charge in [0, 0.05) is 12.4 Å². The lowest BCUT2D eigenvalue weighted by Crippen LogP contribution is -2.22. The molecule has 0 aromatic carbocycles. The lowest BCUT2D eigenvalue weighted by atomic mass is 10.1. The van der Waals surface area contributed by atoms with E-state index in [0.29, 0.717) is 5.56 Å². The molecule has 1 aromatic heterocycles. The van der Waals surface area contributed by atoms with E-state index in [-0.39, 0.29) is 5.57 Å². The van der Waals surface area contributed by atoms with Crippen molar-refractivity contribution < 1.29 is 10.0 Å². The van der Waals surface area contributed by atoms with Crippen LogP contribution in [-0.2, 0) is 4.79 Å². The predicted molar refractivity (Wildman–Crippen MR) is 56.2 cm³/mol. The molecular weight excluding hydrogens is 208 g/mol. The topological polar surface area (TPSA) is 98.4 Å². The first-order valence-corrected chi connectivity index (χ1v) is 4.26. The van der Waals surface area contributed by atoms with Gasteiger partial charge in [0.1, 0.15) is 18.0 Å². The number of hydrogen-bond donors (Lipinski definition) is 2. The molecule has 0 spiro atoms. The molecule has 0 fully saturated rings. The molecule has 0 unspecified atom stereocenters. The Labute approximate surface area is 91.5 Å². The molecule has 1 amide bonds. The molecule has 0 bridgehead atoms. The summed E-state index contributed by atoms with van der Waals surface area (Å²) >= 11 is 0. The van der Waals surface area contributed by atoms with Crippen molar-refractivity contribution in [3.05, 3.63) is 35.7 Å². The summed E-state index contributed by atoms with van der Waals surface area (Å²) in [5, 5.41) is 21.6. The van der Waals surface area contributed by atoms with Crippen molar-refractivity contribution in [3.63, 3.8) is 0 Å². The molecule has 0 aliphatic rings. The van der Waals surface area contributed by atoms with Crippen molar-refractivity contribution >= 4 is 18.3 Å². The van der Waals surface area contributed by atoms with Crippen LogP contribution in [0.1, 0.15) is 5.56 Å². The maximum absolute atomic E-state index is 11.3. The third-order valence-corrected chi connectivity index (χ3v) is 1.64. The largest absolute Gasteiger partial charge is 0.410 e. The molecular formula is C10H8N4O2. The van der Waals surface area contributed by atoms with Gasteiger partial charge in [0.05, 0.1) is 0 Å². The zero-order valence-corrected chi connectivity index (χ0v) is 8.16. The lowest BCUT2D eigenvalue weighted by Gasteiger charge is -1.96. The van der Waals surface area contributed by atoms with Gasteiger partial charge in [0.2, 0.25) is 0 Å². The minimum Gasteiger partial charge on any atom is -0.410 e. The highest BCUT2D eigenvalue weighted by molar-refractivity contribution is 6.06. The number of carbonyl (C=O) groups is 1. The number of pyridine rings is 1. The highest BCUT2D eigenvalue weighted by Gasteiger charge is 2.06. The molecule has 0 saturated heterocycles. The number of hydrogen-bond acceptors (Lipinski definition) is 5. The third kappa shape index (κ3) is 3.23. The van der Waals surface area contributed by atoms with Crippen LogP contribution >= 0.6 is 0 Å². The minimum atomic E-state index is -0.642. The third-order valence-electron chi connectivity index (χ3n) is 1.64. The second-order valence-corrected chi connectivity index (χ2v) is 2.67. The van der Waals surface area contributed by atoms with Crippen molar-refractivity contribution in [2.24, 2.45) is 5.16 Å². The van der Waals surface area contributed by atoms with Crippen LogP contribution in [-0.4, -0.2) is 22.4 Å². The van der Waals surface area contributed by atoms with Gasteiger partial charge in [-0.3, -0.25) is 9.78 Å². The van der Waals surface area contributed by atoms with E-state index in [1.807, 2.05) is 0 Å². The summed E-state index contributed by atoms with van der Waals surface area (Å²) in [6.45, 7) is 0. The maximum Gasteiger partial charge on any atom is 0.267 e. The monoisotopic (exact) mass is 216 g/mol. The Morgan fingerprint density at radius 3 is 2.81 bits per heavy atom. The number of aromatic nitrogens is 1. The molecule has 6 heteroatoms. The average molecular weight is 216 g/mol. The molecule has 0 aliphatic heterocycles. The van der Waals surface area contributed by atoms with E-state index in [9.17, 15) is 4.79 Å². The summed E-state index contributed by atoms with van der Waals surface area (Å²) in [7, 11) is 0. The Hall–Kier alpha value is -2.68. The van der Waals surface area contributed by atoms with Gasteiger partial charge < -0.3 is 10.5 Å². The molecule has 0 radical (unpaired) electrons. The van der Waals surface area contributed by atoms with Crippen molar-refractivity contribution in [1.82, 2.24) is 10.3 Å². The second-order valence-electron chi connectivity index (χ2n) is 2.67. The van der Waals surface area contributed by atoms with E-state index in [2.05, 4.69) is 15.5 Å². The molecule has 16 heavy (non-hydrogen) atoms. The van der Waals surface area contributed by atoms with Crippen LogP contribution in [0.5, 0.6) is 0 Å². The summed E-state index contributed by atoms with van der Waals surface area (Å²) in [6.07, 6.45) is 5.30. The van der Waals surface area contributed by atoms with Crippen molar-refractivity contribution in [1.29, 1.82) is 5.26 Å². The molecule has 0 aliphatic carbocycles. The Morgan fingerprint density at radius 2 is 2.25 bits per heavy atom. The molecule has 0 atom stereocenters. The van der Waals surface area contributed by atoms with Gasteiger partial charge in [-0.1, -0.05) is 5.16 Å². The number of nitrogens with one attached hydrogen (secondary N) is 1. The number of rotatable bonds is 3. The molecule has 2 N–H and O–H groups in total. The summed E-state index contributed by atoms with van der Waals surface area (Å²) in [5.74, 6) is -0.642. The SMILES string of the molecule is N#CC(=Cc1ccncc1)C(=O)N/C=N/O. The normalized spacial score (nSPS) is 11.1. The van der Waals surface area contributed by atoms with E-state index in [1.54, 1.807) is 30.6 Å². The van der Waals surface area contributed by atoms with E-state index < -0.39 is 5.91 Å². The Morgan fingerprint density at radius 1 is 1.56 bits per heavy atom. The van der Waals surface area contributed by atoms with Gasteiger partial charge in [0.25, 0.3) is 5.91 Å². The van der Waals surface area contributed by atoms with Gasteiger partial charge in [-0.25, -0.2) is 0 Å². The fourth-order valence-corrected chi connectivity index (χ4v) is 0.940. The number of nitrogens with zero attached hydrogens (tertiary/aromatic N) is 3. The fourth-order valence-electron chi connectivity index (χ4n) is 0.940. The maximum atomic E-state index is 11.3. The zero-order chi connectivity index (χ0) is 11.8. The molecule has 1 rings (SSSR count). The first-order chi connectivity index (χ1) is 7.77. The Balaban J connectivity index is 2.87. The first-order valence-electron chi connectivity index (χ1n) is 4.26. The van der Waals surface area contributed by atoms with E-state index in [0.717, 1.165) is 6.34 Å². The molecule has 6 nitrogen and oxygen atoms in total. The average Bonchev–Trinajstić information content (AvgIpc) is 2.34. The highest BCUT2D eigenvalue weighted by atomic mass is 16.4. The second kappa shape index (κ2) is 5.93. The first kappa shape index (κ1) is 11.4. The van der Waals surface area contributed by atoms with Crippen molar-refractivity contribution in [2.45, 2.75) is 0 Å². The van der Waals surface area contributed by atoms with Gasteiger partial charge in [-0.2, -0.15) is 5.26 Å². The van der Waals surface area contributed by atoms with Crippen LogP contribution in [0.2, 0.25) is 0 Å². The van der Waals surface area contributed by atoms with Crippen LogP contribution in [0.4, 0.5) is 0 Å². The zero-order valence-electron chi connectivity index (χ0n) is 8.16. The Kier molecular flexibility index (Phi) is 4.22. The number of carbonyl (C=O) groups excluding carboxylic acids is 1. The van der Waals surface area contributed by atoms with Crippen LogP contribution in [0, 0.1) is 11.3 Å². The smallest absolute Gasteiger partial charge is 0.267 e. The number of amides is 1. The predicted octanol–water partition coefficient (Wildman–Crippen LogP) is 0.522. The summed E-state index contributed by atoms with van der Waals surface area (Å²) < 4.78 is 0. The van der Waals surface area contributed by atoms with Gasteiger partial charge in [-0.05, 0) is 23.8 Å². The van der Waals surface area contributed by atoms with E-state index in [4.69, 9.17) is 10.5 Å².